The Bertz CT molecular complexity index is 525. The summed E-state index contributed by atoms with van der Waals surface area (Å²) >= 11 is 5.94. The van der Waals surface area contributed by atoms with Gasteiger partial charge in [0.25, 0.3) is 0 Å². The highest BCUT2D eigenvalue weighted by molar-refractivity contribution is 14.0. The van der Waals surface area contributed by atoms with Crippen LogP contribution < -0.4 is 15.8 Å². The topological polar surface area (TPSA) is 72.1 Å². The lowest BCUT2D eigenvalue weighted by molar-refractivity contribution is 0.0376. The first-order valence-electron chi connectivity index (χ1n) is 7.85. The third-order valence-corrected chi connectivity index (χ3v) is 3.96. The number of methoxy groups -OCH3 is 1. The molecule has 1 aromatic carbocycles. The molecule has 0 aromatic heterocycles. The number of nitrogens with zero attached hydrogens (tertiary/aromatic N) is 2. The van der Waals surface area contributed by atoms with Crippen molar-refractivity contribution in [2.45, 2.75) is 13.0 Å². The van der Waals surface area contributed by atoms with Gasteiger partial charge in [-0.3, -0.25) is 4.90 Å². The van der Waals surface area contributed by atoms with E-state index >= 15 is 0 Å². The van der Waals surface area contributed by atoms with Gasteiger partial charge < -0.3 is 20.5 Å². The summed E-state index contributed by atoms with van der Waals surface area (Å²) in [5.74, 6) is 1.17. The van der Waals surface area contributed by atoms with E-state index < -0.39 is 0 Å². The summed E-state index contributed by atoms with van der Waals surface area (Å²) in [6, 6.07) is 5.50. The van der Waals surface area contributed by atoms with Crippen LogP contribution in [0.3, 0.4) is 0 Å². The van der Waals surface area contributed by atoms with E-state index in [-0.39, 0.29) is 24.0 Å². The van der Waals surface area contributed by atoms with Crippen LogP contribution in [0.5, 0.6) is 5.75 Å². The van der Waals surface area contributed by atoms with E-state index in [9.17, 15) is 0 Å². The molecule has 136 valence electrons. The normalized spacial score (nSPS) is 15.7. The van der Waals surface area contributed by atoms with Crippen molar-refractivity contribution in [1.29, 1.82) is 0 Å². The Hall–Kier alpha value is -0.770. The predicted molar refractivity (Wildman–Crippen MR) is 109 cm³/mol. The predicted octanol–water partition coefficient (Wildman–Crippen LogP) is 2.09. The Kier molecular flexibility index (Phi) is 10.4. The second-order valence-corrected chi connectivity index (χ2v) is 5.83. The number of benzene rings is 1. The number of aliphatic imine (C=N–C) groups is 1. The third kappa shape index (κ3) is 7.42. The van der Waals surface area contributed by atoms with Crippen LogP contribution in [0.2, 0.25) is 5.02 Å². The highest BCUT2D eigenvalue weighted by atomic mass is 127. The standard InChI is InChI=1S/C16H25ClN4O2.HI/c1-22-15-11-14(17)4-3-13(15)12-20-16(18)19-5-2-6-21-7-9-23-10-8-21;/h3-4,11H,2,5-10,12H2,1H3,(H3,18,19,20);1H. The molecule has 0 spiro atoms. The van der Waals surface area contributed by atoms with Crippen molar-refractivity contribution in [2.24, 2.45) is 10.7 Å². The highest BCUT2D eigenvalue weighted by Crippen LogP contribution is 2.23. The maximum atomic E-state index is 5.94. The van der Waals surface area contributed by atoms with Crippen LogP contribution >= 0.6 is 35.6 Å². The van der Waals surface area contributed by atoms with Gasteiger partial charge in [0, 0.05) is 30.2 Å². The van der Waals surface area contributed by atoms with Crippen molar-refractivity contribution in [3.8, 4) is 5.75 Å². The van der Waals surface area contributed by atoms with Gasteiger partial charge in [-0.1, -0.05) is 17.7 Å². The molecule has 8 heteroatoms. The fourth-order valence-corrected chi connectivity index (χ4v) is 2.58. The van der Waals surface area contributed by atoms with Crippen molar-refractivity contribution in [3.63, 3.8) is 0 Å². The molecule has 0 amide bonds. The van der Waals surface area contributed by atoms with Crippen LogP contribution in [0.4, 0.5) is 0 Å². The molecule has 1 aromatic rings. The fraction of sp³-hybridized carbons (Fsp3) is 0.562. The molecule has 1 fully saturated rings. The lowest BCUT2D eigenvalue weighted by atomic mass is 10.2. The minimum atomic E-state index is 0. The SMILES string of the molecule is COc1cc(Cl)ccc1CN=C(N)NCCCN1CCOCC1.I. The van der Waals surface area contributed by atoms with Crippen LogP contribution in [0.15, 0.2) is 23.2 Å². The Labute approximate surface area is 165 Å². The first-order valence-corrected chi connectivity index (χ1v) is 8.23. The second kappa shape index (κ2) is 11.7. The van der Waals surface area contributed by atoms with Crippen LogP contribution in [0.1, 0.15) is 12.0 Å². The van der Waals surface area contributed by atoms with Crippen molar-refractivity contribution >= 4 is 41.5 Å². The number of ether oxygens (including phenoxy) is 2. The van der Waals surface area contributed by atoms with Gasteiger partial charge in [0.05, 0.1) is 26.9 Å². The average molecular weight is 469 g/mol. The monoisotopic (exact) mass is 468 g/mol. The number of nitrogens with one attached hydrogen (secondary N) is 1. The summed E-state index contributed by atoms with van der Waals surface area (Å²) in [7, 11) is 1.62. The molecule has 1 heterocycles. The Balaban J connectivity index is 0.00000288. The molecular weight excluding hydrogens is 443 g/mol. The number of rotatable bonds is 7. The van der Waals surface area contributed by atoms with Crippen LogP contribution in [0.25, 0.3) is 0 Å². The van der Waals surface area contributed by atoms with E-state index in [0.29, 0.717) is 17.5 Å². The maximum absolute atomic E-state index is 5.94. The van der Waals surface area contributed by atoms with Gasteiger partial charge in [0.15, 0.2) is 5.96 Å². The largest absolute Gasteiger partial charge is 0.496 e. The number of nitrogens with two attached hydrogens (primary N) is 1. The summed E-state index contributed by atoms with van der Waals surface area (Å²) < 4.78 is 10.6. The number of hydrogen-bond acceptors (Lipinski definition) is 4. The molecule has 0 bridgehead atoms. The van der Waals surface area contributed by atoms with Crippen molar-refractivity contribution < 1.29 is 9.47 Å². The molecule has 0 radical (unpaired) electrons. The molecule has 0 aliphatic carbocycles. The summed E-state index contributed by atoms with van der Waals surface area (Å²) in [6.07, 6.45) is 1.03. The number of guanidine groups is 1. The van der Waals surface area contributed by atoms with Crippen LogP contribution in [0, 0.1) is 0 Å². The van der Waals surface area contributed by atoms with Gasteiger partial charge in [-0.15, -0.1) is 24.0 Å². The van der Waals surface area contributed by atoms with Crippen molar-refractivity contribution in [2.75, 3.05) is 46.5 Å². The lowest BCUT2D eigenvalue weighted by Gasteiger charge is -2.26. The molecule has 0 atom stereocenters. The second-order valence-electron chi connectivity index (χ2n) is 5.39. The van der Waals surface area contributed by atoms with E-state index in [4.69, 9.17) is 26.8 Å². The zero-order valence-electron chi connectivity index (χ0n) is 14.0. The first kappa shape index (κ1) is 21.3. The Morgan fingerprint density at radius 1 is 1.42 bits per heavy atom. The van der Waals surface area contributed by atoms with E-state index in [1.54, 1.807) is 13.2 Å². The Morgan fingerprint density at radius 2 is 2.17 bits per heavy atom. The van der Waals surface area contributed by atoms with Gasteiger partial charge in [0.1, 0.15) is 5.75 Å². The van der Waals surface area contributed by atoms with Gasteiger partial charge >= 0.3 is 0 Å². The minimum Gasteiger partial charge on any atom is -0.496 e. The van der Waals surface area contributed by atoms with Crippen LogP contribution in [-0.4, -0.2) is 57.4 Å². The smallest absolute Gasteiger partial charge is 0.188 e. The highest BCUT2D eigenvalue weighted by Gasteiger charge is 2.09. The average Bonchev–Trinajstić information content (AvgIpc) is 2.58. The van der Waals surface area contributed by atoms with Gasteiger partial charge in [-0.2, -0.15) is 0 Å². The molecule has 0 unspecified atom stereocenters. The first-order chi connectivity index (χ1) is 11.2. The van der Waals surface area contributed by atoms with Gasteiger partial charge in [-0.25, -0.2) is 4.99 Å². The number of hydrogen-bond donors (Lipinski definition) is 2. The molecule has 1 saturated heterocycles. The summed E-state index contributed by atoms with van der Waals surface area (Å²) in [5.41, 5.74) is 6.85. The fourth-order valence-electron chi connectivity index (χ4n) is 2.42. The maximum Gasteiger partial charge on any atom is 0.188 e. The van der Waals surface area contributed by atoms with E-state index in [2.05, 4.69) is 15.2 Å². The summed E-state index contributed by atoms with van der Waals surface area (Å²) in [5, 5.41) is 3.79. The Morgan fingerprint density at radius 3 is 2.88 bits per heavy atom. The minimum absolute atomic E-state index is 0. The molecule has 0 saturated carbocycles. The zero-order chi connectivity index (χ0) is 16.5. The van der Waals surface area contributed by atoms with Crippen molar-refractivity contribution in [1.82, 2.24) is 10.2 Å². The molecule has 1 aliphatic rings. The molecule has 3 N–H and O–H groups in total. The van der Waals surface area contributed by atoms with E-state index in [1.807, 2.05) is 12.1 Å². The lowest BCUT2D eigenvalue weighted by Crippen LogP contribution is -2.39. The van der Waals surface area contributed by atoms with Crippen LogP contribution in [-0.2, 0) is 11.3 Å². The van der Waals surface area contributed by atoms with E-state index in [0.717, 1.165) is 57.1 Å². The van der Waals surface area contributed by atoms with Gasteiger partial charge in [0.2, 0.25) is 0 Å². The summed E-state index contributed by atoms with van der Waals surface area (Å²) in [6.45, 7) is 6.02. The summed E-state index contributed by atoms with van der Waals surface area (Å²) in [4.78, 5) is 6.74. The van der Waals surface area contributed by atoms with E-state index in [1.165, 1.54) is 0 Å². The van der Waals surface area contributed by atoms with Gasteiger partial charge in [-0.05, 0) is 25.1 Å². The molecule has 24 heavy (non-hydrogen) atoms. The molecule has 2 rings (SSSR count). The number of halogens is 2. The third-order valence-electron chi connectivity index (χ3n) is 3.73. The molecule has 1 aliphatic heterocycles. The zero-order valence-corrected chi connectivity index (χ0v) is 17.0. The van der Waals surface area contributed by atoms with Crippen molar-refractivity contribution in [3.05, 3.63) is 28.8 Å². The quantitative estimate of drug-likeness (QED) is 0.277. The molecule has 6 nitrogen and oxygen atoms in total. The number of morpholine rings is 1. The molecular formula is C16H26ClIN4O2.